The number of rotatable bonds is 4. The highest BCUT2D eigenvalue weighted by atomic mass is 19.4. The first kappa shape index (κ1) is 13.8. The molecule has 0 saturated carbocycles. The fourth-order valence-corrected chi connectivity index (χ4v) is 1.25. The minimum atomic E-state index is -4.89. The maximum Gasteiger partial charge on any atom is 0.573 e. The molecule has 0 bridgehead atoms. The number of para-hydroxylation sites is 1. The van der Waals surface area contributed by atoms with Crippen molar-refractivity contribution in [1.29, 1.82) is 0 Å². The summed E-state index contributed by atoms with van der Waals surface area (Å²) >= 11 is 0. The van der Waals surface area contributed by atoms with Crippen molar-refractivity contribution in [3.63, 3.8) is 0 Å². The number of hydrogen-bond acceptors (Lipinski definition) is 4. The van der Waals surface area contributed by atoms with Crippen LogP contribution >= 0.6 is 0 Å². The molecule has 0 aliphatic rings. The van der Waals surface area contributed by atoms with Gasteiger partial charge in [0.05, 0.1) is 6.61 Å². The van der Waals surface area contributed by atoms with Crippen LogP contribution in [0.2, 0.25) is 0 Å². The number of alkyl halides is 3. The molecule has 0 aliphatic heterocycles. The third kappa shape index (κ3) is 3.88. The fourth-order valence-electron chi connectivity index (χ4n) is 1.25. The Labute approximate surface area is 94.9 Å². The van der Waals surface area contributed by atoms with Crippen LogP contribution in [-0.2, 0) is 0 Å². The van der Waals surface area contributed by atoms with Gasteiger partial charge in [0.25, 0.3) is 0 Å². The van der Waals surface area contributed by atoms with Gasteiger partial charge < -0.3 is 20.1 Å². The van der Waals surface area contributed by atoms with E-state index in [9.17, 15) is 18.3 Å². The molecule has 4 nitrogen and oxygen atoms in total. The summed E-state index contributed by atoms with van der Waals surface area (Å²) in [6.07, 6.45) is -8.12. The molecule has 3 N–H and O–H groups in total. The van der Waals surface area contributed by atoms with Crippen molar-refractivity contribution in [2.24, 2.45) is 0 Å². The van der Waals surface area contributed by atoms with E-state index in [4.69, 9.17) is 10.2 Å². The molecular formula is C10H11F3O4. The Bertz CT molecular complexity index is 367. The molecule has 0 radical (unpaired) electrons. The number of aliphatic hydroxyl groups is 3. The van der Waals surface area contributed by atoms with E-state index in [1.54, 1.807) is 0 Å². The summed E-state index contributed by atoms with van der Waals surface area (Å²) in [6.45, 7) is -0.776. The maximum atomic E-state index is 12.1. The van der Waals surface area contributed by atoms with Crippen molar-refractivity contribution in [2.75, 3.05) is 6.61 Å². The molecule has 17 heavy (non-hydrogen) atoms. The minimum absolute atomic E-state index is 0.244. The van der Waals surface area contributed by atoms with Crippen molar-refractivity contribution >= 4 is 0 Å². The SMILES string of the molecule is OCC(O)C(O)c1ccccc1OC(F)(F)F. The molecule has 7 heteroatoms. The zero-order chi connectivity index (χ0) is 13.1. The molecule has 0 saturated heterocycles. The van der Waals surface area contributed by atoms with E-state index >= 15 is 0 Å². The van der Waals surface area contributed by atoms with Crippen LogP contribution in [0.1, 0.15) is 11.7 Å². The predicted molar refractivity (Wildman–Crippen MR) is 51.2 cm³/mol. The molecule has 2 atom stereocenters. The minimum Gasteiger partial charge on any atom is -0.405 e. The summed E-state index contributed by atoms with van der Waals surface area (Å²) in [5.74, 6) is -0.611. The second-order valence-corrected chi connectivity index (χ2v) is 3.28. The van der Waals surface area contributed by atoms with E-state index in [1.807, 2.05) is 0 Å². The third-order valence-corrected chi connectivity index (χ3v) is 2.01. The van der Waals surface area contributed by atoms with Crippen LogP contribution in [0, 0.1) is 0 Å². The van der Waals surface area contributed by atoms with E-state index in [1.165, 1.54) is 18.2 Å². The molecule has 0 amide bonds. The molecule has 0 fully saturated rings. The summed E-state index contributed by atoms with van der Waals surface area (Å²) in [4.78, 5) is 0. The number of ether oxygens (including phenoxy) is 1. The molecule has 1 rings (SSSR count). The molecular weight excluding hydrogens is 241 g/mol. The van der Waals surface area contributed by atoms with Gasteiger partial charge in [0.2, 0.25) is 0 Å². The second-order valence-electron chi connectivity index (χ2n) is 3.28. The van der Waals surface area contributed by atoms with Gasteiger partial charge in [0, 0.05) is 5.56 Å². The highest BCUT2D eigenvalue weighted by Crippen LogP contribution is 2.31. The van der Waals surface area contributed by atoms with Gasteiger partial charge in [-0.2, -0.15) is 0 Å². The van der Waals surface area contributed by atoms with Crippen molar-refractivity contribution in [1.82, 2.24) is 0 Å². The van der Waals surface area contributed by atoms with E-state index < -0.39 is 30.9 Å². The fraction of sp³-hybridized carbons (Fsp3) is 0.400. The average Bonchev–Trinajstić information content (AvgIpc) is 2.25. The quantitative estimate of drug-likeness (QED) is 0.746. The molecule has 2 unspecified atom stereocenters. The number of halogens is 3. The van der Waals surface area contributed by atoms with E-state index in [-0.39, 0.29) is 5.56 Å². The monoisotopic (exact) mass is 252 g/mol. The van der Waals surface area contributed by atoms with Gasteiger partial charge in [-0.1, -0.05) is 18.2 Å². The Morgan fingerprint density at radius 2 is 1.76 bits per heavy atom. The summed E-state index contributed by atoms with van der Waals surface area (Å²) in [5, 5.41) is 27.3. The van der Waals surface area contributed by atoms with Crippen LogP contribution in [0.5, 0.6) is 5.75 Å². The van der Waals surface area contributed by atoms with Gasteiger partial charge in [-0.05, 0) is 6.07 Å². The smallest absolute Gasteiger partial charge is 0.405 e. The zero-order valence-electron chi connectivity index (χ0n) is 8.55. The standard InChI is InChI=1S/C10H11F3O4/c11-10(12,13)17-8-4-2-1-3-6(8)9(16)7(15)5-14/h1-4,7,9,14-16H,5H2. The first-order chi connectivity index (χ1) is 7.85. The van der Waals surface area contributed by atoms with Gasteiger partial charge in [0.15, 0.2) is 0 Å². The predicted octanol–water partition coefficient (Wildman–Crippen LogP) is 0.972. The van der Waals surface area contributed by atoms with Crippen LogP contribution in [0.3, 0.4) is 0 Å². The van der Waals surface area contributed by atoms with Crippen LogP contribution in [0.4, 0.5) is 13.2 Å². The molecule has 0 aromatic heterocycles. The van der Waals surface area contributed by atoms with E-state index in [0.717, 1.165) is 6.07 Å². The molecule has 96 valence electrons. The summed E-state index contributed by atoms with van der Waals surface area (Å²) in [6, 6.07) is 4.86. The lowest BCUT2D eigenvalue weighted by atomic mass is 10.0. The molecule has 0 spiro atoms. The lowest BCUT2D eigenvalue weighted by Gasteiger charge is -2.19. The number of aliphatic hydroxyl groups excluding tert-OH is 3. The Balaban J connectivity index is 2.99. The third-order valence-electron chi connectivity index (χ3n) is 2.01. The van der Waals surface area contributed by atoms with E-state index in [0.29, 0.717) is 0 Å². The van der Waals surface area contributed by atoms with Crippen LogP contribution in [0.25, 0.3) is 0 Å². The first-order valence-corrected chi connectivity index (χ1v) is 4.67. The van der Waals surface area contributed by atoms with Crippen molar-refractivity contribution in [3.05, 3.63) is 29.8 Å². The topological polar surface area (TPSA) is 69.9 Å². The van der Waals surface area contributed by atoms with Crippen LogP contribution in [-0.4, -0.2) is 34.4 Å². The lowest BCUT2D eigenvalue weighted by Crippen LogP contribution is -2.24. The van der Waals surface area contributed by atoms with E-state index in [2.05, 4.69) is 4.74 Å². The first-order valence-electron chi connectivity index (χ1n) is 4.67. The summed E-state index contributed by atoms with van der Waals surface area (Å²) in [5.41, 5.74) is -0.244. The van der Waals surface area contributed by atoms with Crippen molar-refractivity contribution < 1.29 is 33.2 Å². The van der Waals surface area contributed by atoms with Crippen molar-refractivity contribution in [2.45, 2.75) is 18.6 Å². The van der Waals surface area contributed by atoms with Gasteiger partial charge in [-0.3, -0.25) is 0 Å². The summed E-state index contributed by atoms with van der Waals surface area (Å²) < 4.78 is 39.9. The average molecular weight is 252 g/mol. The second kappa shape index (κ2) is 5.35. The largest absolute Gasteiger partial charge is 0.573 e. The Morgan fingerprint density at radius 1 is 1.18 bits per heavy atom. The van der Waals surface area contributed by atoms with Gasteiger partial charge >= 0.3 is 6.36 Å². The van der Waals surface area contributed by atoms with Crippen LogP contribution in [0.15, 0.2) is 24.3 Å². The highest BCUT2D eigenvalue weighted by molar-refractivity contribution is 5.35. The van der Waals surface area contributed by atoms with Gasteiger partial charge in [0.1, 0.15) is 18.0 Å². The highest BCUT2D eigenvalue weighted by Gasteiger charge is 2.33. The summed E-state index contributed by atoms with van der Waals surface area (Å²) in [7, 11) is 0. The number of hydrogen-bond donors (Lipinski definition) is 3. The van der Waals surface area contributed by atoms with Gasteiger partial charge in [-0.15, -0.1) is 13.2 Å². The normalized spacial score (nSPS) is 15.4. The Kier molecular flexibility index (Phi) is 4.33. The Morgan fingerprint density at radius 3 is 2.29 bits per heavy atom. The Hall–Kier alpha value is -1.31. The van der Waals surface area contributed by atoms with Gasteiger partial charge in [-0.25, -0.2) is 0 Å². The maximum absolute atomic E-state index is 12.1. The lowest BCUT2D eigenvalue weighted by molar-refractivity contribution is -0.275. The van der Waals surface area contributed by atoms with Crippen LogP contribution < -0.4 is 4.74 Å². The molecule has 1 aromatic rings. The number of benzene rings is 1. The molecule has 0 heterocycles. The molecule has 0 aliphatic carbocycles. The molecule has 1 aromatic carbocycles. The zero-order valence-corrected chi connectivity index (χ0v) is 8.55. The van der Waals surface area contributed by atoms with Crippen molar-refractivity contribution in [3.8, 4) is 5.75 Å².